The highest BCUT2D eigenvalue weighted by molar-refractivity contribution is 5.77. The number of carbonyl (C=O) groups is 1. The van der Waals surface area contributed by atoms with E-state index in [2.05, 4.69) is 17.6 Å². The molecule has 0 aliphatic carbocycles. The highest BCUT2D eigenvalue weighted by Crippen LogP contribution is 2.17. The zero-order chi connectivity index (χ0) is 14.8. The van der Waals surface area contributed by atoms with E-state index in [1.54, 1.807) is 7.11 Å². The molecule has 0 heterocycles. The van der Waals surface area contributed by atoms with E-state index in [0.717, 1.165) is 6.42 Å². The lowest BCUT2D eigenvalue weighted by Crippen LogP contribution is -2.30. The molecule has 20 heavy (non-hydrogen) atoms. The number of methoxy groups -OCH3 is 1. The molecule has 0 radical (unpaired) electrons. The molecule has 0 aliphatic heterocycles. The minimum Gasteiger partial charge on any atom is -0.484 e. The summed E-state index contributed by atoms with van der Waals surface area (Å²) in [5.41, 5.74) is 1.18. The van der Waals surface area contributed by atoms with Gasteiger partial charge in [0.15, 0.2) is 6.61 Å². The monoisotopic (exact) mass is 280 g/mol. The summed E-state index contributed by atoms with van der Waals surface area (Å²) in [4.78, 5) is 11.5. The molecular weight excluding hydrogens is 256 g/mol. The molecule has 1 aromatic rings. The molecule has 0 spiro atoms. The molecule has 1 aromatic carbocycles. The number of hydrogen-bond acceptors (Lipinski definition) is 4. The molecule has 0 saturated heterocycles. The standard InChI is InChI=1S/C15H24N2O3/c1-12(16-2)13-5-7-14(8-6-13)20-11-15(18)17-9-4-10-19-3/h5-8,12,16H,4,9-11H2,1-3H3,(H,17,18). The van der Waals surface area contributed by atoms with Crippen LogP contribution in [0.4, 0.5) is 0 Å². The number of amides is 1. The first-order valence-electron chi connectivity index (χ1n) is 6.83. The molecule has 1 atom stereocenters. The summed E-state index contributed by atoms with van der Waals surface area (Å²) in [6, 6.07) is 8.04. The van der Waals surface area contributed by atoms with Gasteiger partial charge in [0.05, 0.1) is 0 Å². The van der Waals surface area contributed by atoms with Crippen LogP contribution in [0.1, 0.15) is 24.9 Å². The van der Waals surface area contributed by atoms with Crippen LogP contribution in [0.2, 0.25) is 0 Å². The molecule has 0 saturated carbocycles. The van der Waals surface area contributed by atoms with Gasteiger partial charge in [-0.15, -0.1) is 0 Å². The first kappa shape index (κ1) is 16.5. The summed E-state index contributed by atoms with van der Waals surface area (Å²) in [5, 5.41) is 5.94. The van der Waals surface area contributed by atoms with E-state index >= 15 is 0 Å². The van der Waals surface area contributed by atoms with E-state index in [1.165, 1.54) is 5.56 Å². The molecule has 112 valence electrons. The van der Waals surface area contributed by atoms with Crippen LogP contribution in [0.15, 0.2) is 24.3 Å². The molecule has 1 rings (SSSR count). The van der Waals surface area contributed by atoms with Crippen LogP contribution < -0.4 is 15.4 Å². The predicted molar refractivity (Wildman–Crippen MR) is 78.9 cm³/mol. The molecule has 1 amide bonds. The molecular formula is C15H24N2O3. The average molecular weight is 280 g/mol. The molecule has 0 aromatic heterocycles. The third-order valence-corrected chi connectivity index (χ3v) is 3.03. The Morgan fingerprint density at radius 1 is 1.30 bits per heavy atom. The summed E-state index contributed by atoms with van der Waals surface area (Å²) >= 11 is 0. The summed E-state index contributed by atoms with van der Waals surface area (Å²) < 4.78 is 10.3. The lowest BCUT2D eigenvalue weighted by molar-refractivity contribution is -0.123. The zero-order valence-electron chi connectivity index (χ0n) is 12.4. The third kappa shape index (κ3) is 6.04. The van der Waals surface area contributed by atoms with Crippen molar-refractivity contribution in [2.45, 2.75) is 19.4 Å². The SMILES string of the molecule is CNC(C)c1ccc(OCC(=O)NCCCOC)cc1. The second-order valence-electron chi connectivity index (χ2n) is 4.56. The number of benzene rings is 1. The quantitative estimate of drug-likeness (QED) is 0.673. The van der Waals surface area contributed by atoms with Gasteiger partial charge in [0.25, 0.3) is 5.91 Å². The van der Waals surface area contributed by atoms with Crippen LogP contribution in [0.5, 0.6) is 5.75 Å². The van der Waals surface area contributed by atoms with Crippen LogP contribution in [-0.2, 0) is 9.53 Å². The zero-order valence-corrected chi connectivity index (χ0v) is 12.4. The highest BCUT2D eigenvalue weighted by atomic mass is 16.5. The van der Waals surface area contributed by atoms with Gasteiger partial charge >= 0.3 is 0 Å². The maximum absolute atomic E-state index is 11.5. The minimum absolute atomic E-state index is 0.0356. The minimum atomic E-state index is -0.117. The normalized spacial score (nSPS) is 11.9. The van der Waals surface area contributed by atoms with Crippen LogP contribution in [0.25, 0.3) is 0 Å². The number of ether oxygens (including phenoxy) is 2. The first-order valence-corrected chi connectivity index (χ1v) is 6.83. The number of nitrogens with one attached hydrogen (secondary N) is 2. The van der Waals surface area contributed by atoms with Crippen LogP contribution >= 0.6 is 0 Å². The van der Waals surface area contributed by atoms with Crippen molar-refractivity contribution < 1.29 is 14.3 Å². The Morgan fingerprint density at radius 3 is 2.60 bits per heavy atom. The number of hydrogen-bond donors (Lipinski definition) is 2. The maximum atomic E-state index is 11.5. The molecule has 0 fully saturated rings. The summed E-state index contributed by atoms with van der Waals surface area (Å²) in [6.07, 6.45) is 0.804. The Morgan fingerprint density at radius 2 is 2.00 bits per heavy atom. The molecule has 5 heteroatoms. The predicted octanol–water partition coefficient (Wildman–Crippen LogP) is 1.50. The van der Waals surface area contributed by atoms with E-state index in [9.17, 15) is 4.79 Å². The Bertz CT molecular complexity index is 393. The fourth-order valence-electron chi connectivity index (χ4n) is 1.66. The van der Waals surface area contributed by atoms with Crippen LogP contribution in [0.3, 0.4) is 0 Å². The van der Waals surface area contributed by atoms with Gasteiger partial charge in [-0.2, -0.15) is 0 Å². The fraction of sp³-hybridized carbons (Fsp3) is 0.533. The topological polar surface area (TPSA) is 59.6 Å². The Hall–Kier alpha value is -1.59. The van der Waals surface area contributed by atoms with Crippen molar-refractivity contribution in [3.05, 3.63) is 29.8 Å². The van der Waals surface area contributed by atoms with Gasteiger partial charge in [-0.1, -0.05) is 12.1 Å². The number of rotatable bonds is 9. The fourth-order valence-corrected chi connectivity index (χ4v) is 1.66. The van der Waals surface area contributed by atoms with E-state index in [1.807, 2.05) is 31.3 Å². The molecule has 0 aliphatic rings. The first-order chi connectivity index (χ1) is 9.67. The Balaban J connectivity index is 2.29. The smallest absolute Gasteiger partial charge is 0.257 e. The van der Waals surface area contributed by atoms with Gasteiger partial charge in [-0.05, 0) is 38.1 Å². The molecule has 2 N–H and O–H groups in total. The highest BCUT2D eigenvalue weighted by Gasteiger charge is 2.04. The summed E-state index contributed by atoms with van der Waals surface area (Å²) in [7, 11) is 3.56. The van der Waals surface area contributed by atoms with Crippen molar-refractivity contribution in [3.8, 4) is 5.75 Å². The maximum Gasteiger partial charge on any atom is 0.257 e. The third-order valence-electron chi connectivity index (χ3n) is 3.03. The summed E-state index contributed by atoms with van der Waals surface area (Å²) in [5.74, 6) is 0.581. The Kier molecular flexibility index (Phi) is 7.69. The molecule has 0 bridgehead atoms. The van der Waals surface area contributed by atoms with Crippen molar-refractivity contribution in [1.82, 2.24) is 10.6 Å². The molecule has 5 nitrogen and oxygen atoms in total. The van der Waals surface area contributed by atoms with Gasteiger partial charge in [-0.25, -0.2) is 0 Å². The van der Waals surface area contributed by atoms with Gasteiger partial charge < -0.3 is 20.1 Å². The van der Waals surface area contributed by atoms with Crippen molar-refractivity contribution >= 4 is 5.91 Å². The van der Waals surface area contributed by atoms with Gasteiger partial charge in [0.1, 0.15) is 5.75 Å². The van der Waals surface area contributed by atoms with Crippen molar-refractivity contribution in [2.24, 2.45) is 0 Å². The number of carbonyl (C=O) groups excluding carboxylic acids is 1. The Labute approximate surface area is 120 Å². The lowest BCUT2D eigenvalue weighted by Gasteiger charge is -2.11. The van der Waals surface area contributed by atoms with E-state index in [4.69, 9.17) is 9.47 Å². The van der Waals surface area contributed by atoms with E-state index < -0.39 is 0 Å². The van der Waals surface area contributed by atoms with E-state index in [0.29, 0.717) is 24.9 Å². The van der Waals surface area contributed by atoms with Gasteiger partial charge in [-0.3, -0.25) is 4.79 Å². The van der Waals surface area contributed by atoms with Crippen molar-refractivity contribution in [1.29, 1.82) is 0 Å². The average Bonchev–Trinajstić information content (AvgIpc) is 2.49. The lowest BCUT2D eigenvalue weighted by atomic mass is 10.1. The van der Waals surface area contributed by atoms with Crippen LogP contribution in [0, 0.1) is 0 Å². The van der Waals surface area contributed by atoms with Crippen molar-refractivity contribution in [2.75, 3.05) is 33.9 Å². The van der Waals surface area contributed by atoms with Gasteiger partial charge in [0, 0.05) is 26.3 Å². The summed E-state index contributed by atoms with van der Waals surface area (Å²) in [6.45, 7) is 3.37. The molecule has 1 unspecified atom stereocenters. The van der Waals surface area contributed by atoms with Gasteiger partial charge in [0.2, 0.25) is 0 Å². The van der Waals surface area contributed by atoms with E-state index in [-0.39, 0.29) is 12.5 Å². The van der Waals surface area contributed by atoms with Crippen molar-refractivity contribution in [3.63, 3.8) is 0 Å². The second-order valence-corrected chi connectivity index (χ2v) is 4.56. The second kappa shape index (κ2) is 9.34. The largest absolute Gasteiger partial charge is 0.484 e. The van der Waals surface area contributed by atoms with Crippen LogP contribution in [-0.4, -0.2) is 39.8 Å².